The van der Waals surface area contributed by atoms with Crippen LogP contribution in [0.15, 0.2) is 6.07 Å². The first-order valence-electron chi connectivity index (χ1n) is 5.60. The number of rotatable bonds is 2. The van der Waals surface area contributed by atoms with Gasteiger partial charge in [-0.2, -0.15) is 0 Å². The van der Waals surface area contributed by atoms with Gasteiger partial charge in [0.1, 0.15) is 5.82 Å². The number of methoxy groups -OCH3 is 1. The molecule has 0 aliphatic carbocycles. The first-order chi connectivity index (χ1) is 8.15. The summed E-state index contributed by atoms with van der Waals surface area (Å²) in [6, 6.07) is 1.30. The summed E-state index contributed by atoms with van der Waals surface area (Å²) in [7, 11) is 1.43. The van der Waals surface area contributed by atoms with Crippen LogP contribution in [-0.2, 0) is 0 Å². The van der Waals surface area contributed by atoms with Crippen molar-refractivity contribution in [1.29, 1.82) is 0 Å². The van der Waals surface area contributed by atoms with Gasteiger partial charge in [-0.3, -0.25) is 0 Å². The predicted molar refractivity (Wildman–Crippen MR) is 64.5 cm³/mol. The van der Waals surface area contributed by atoms with E-state index in [9.17, 15) is 9.50 Å². The molecule has 0 spiro atoms. The molecule has 1 saturated heterocycles. The van der Waals surface area contributed by atoms with E-state index in [4.69, 9.17) is 16.3 Å². The quantitative estimate of drug-likeness (QED) is 0.858. The van der Waals surface area contributed by atoms with E-state index in [1.165, 1.54) is 13.2 Å². The lowest BCUT2D eigenvalue weighted by molar-refractivity contribution is 0.356. The van der Waals surface area contributed by atoms with Gasteiger partial charge in [0, 0.05) is 11.6 Å². The topological polar surface area (TPSA) is 41.5 Å². The third-order valence-corrected chi connectivity index (χ3v) is 3.43. The van der Waals surface area contributed by atoms with Crippen molar-refractivity contribution >= 4 is 11.6 Å². The van der Waals surface area contributed by atoms with Crippen molar-refractivity contribution in [3.8, 4) is 11.5 Å². The molecule has 0 bridgehead atoms. The Hall–Kier alpha value is -1.00. The van der Waals surface area contributed by atoms with Gasteiger partial charge < -0.3 is 15.2 Å². The van der Waals surface area contributed by atoms with Crippen molar-refractivity contribution in [3.63, 3.8) is 0 Å². The van der Waals surface area contributed by atoms with E-state index in [0.717, 1.165) is 25.9 Å². The second-order valence-electron chi connectivity index (χ2n) is 4.16. The summed E-state index contributed by atoms with van der Waals surface area (Å²) in [5.41, 5.74) is 0.288. The highest BCUT2D eigenvalue weighted by Gasteiger charge is 2.26. The number of hydrogen-bond acceptors (Lipinski definition) is 3. The molecular weight excluding hydrogens is 245 g/mol. The minimum Gasteiger partial charge on any atom is -0.504 e. The average Bonchev–Trinajstić information content (AvgIpc) is 2.35. The van der Waals surface area contributed by atoms with Crippen LogP contribution in [0.25, 0.3) is 0 Å². The van der Waals surface area contributed by atoms with E-state index < -0.39 is 5.82 Å². The summed E-state index contributed by atoms with van der Waals surface area (Å²) >= 11 is 5.81. The van der Waals surface area contributed by atoms with E-state index >= 15 is 0 Å². The second kappa shape index (κ2) is 5.10. The van der Waals surface area contributed by atoms with Gasteiger partial charge in [-0.25, -0.2) is 4.39 Å². The van der Waals surface area contributed by atoms with Gasteiger partial charge in [-0.05, 0) is 31.8 Å². The Balaban J connectivity index is 2.46. The lowest BCUT2D eigenvalue weighted by atomic mass is 9.89. The van der Waals surface area contributed by atoms with Crippen molar-refractivity contribution in [3.05, 3.63) is 22.5 Å². The van der Waals surface area contributed by atoms with Gasteiger partial charge in [0.05, 0.1) is 12.1 Å². The molecule has 0 amide bonds. The minimum atomic E-state index is -0.531. The minimum absolute atomic E-state index is 0.00631. The van der Waals surface area contributed by atoms with Crippen LogP contribution in [0.3, 0.4) is 0 Å². The van der Waals surface area contributed by atoms with Crippen LogP contribution in [0, 0.1) is 5.82 Å². The molecule has 0 unspecified atom stereocenters. The number of aromatic hydroxyl groups is 1. The highest BCUT2D eigenvalue weighted by Crippen LogP contribution is 2.42. The lowest BCUT2D eigenvalue weighted by Crippen LogP contribution is -2.27. The van der Waals surface area contributed by atoms with Crippen LogP contribution >= 0.6 is 11.6 Å². The van der Waals surface area contributed by atoms with Crippen LogP contribution in [-0.4, -0.2) is 25.3 Å². The van der Waals surface area contributed by atoms with E-state index in [0.29, 0.717) is 0 Å². The average molecular weight is 260 g/mol. The molecule has 0 radical (unpaired) electrons. The third-order valence-electron chi connectivity index (χ3n) is 3.16. The highest BCUT2D eigenvalue weighted by molar-refractivity contribution is 6.31. The predicted octanol–water partition coefficient (Wildman–Crippen LogP) is 2.66. The Bertz CT molecular complexity index is 419. The fraction of sp³-hybridized carbons (Fsp3) is 0.500. The summed E-state index contributed by atoms with van der Waals surface area (Å²) < 4.78 is 19.0. The maximum atomic E-state index is 14.0. The summed E-state index contributed by atoms with van der Waals surface area (Å²) in [4.78, 5) is 0. The van der Waals surface area contributed by atoms with Crippen molar-refractivity contribution in [2.24, 2.45) is 0 Å². The molecule has 17 heavy (non-hydrogen) atoms. The number of piperidine rings is 1. The Morgan fingerprint density at radius 2 is 2.12 bits per heavy atom. The monoisotopic (exact) mass is 259 g/mol. The number of hydrogen-bond donors (Lipinski definition) is 2. The zero-order valence-electron chi connectivity index (χ0n) is 9.59. The number of phenols is 1. The van der Waals surface area contributed by atoms with Crippen molar-refractivity contribution < 1.29 is 14.2 Å². The van der Waals surface area contributed by atoms with Crippen LogP contribution in [0.4, 0.5) is 4.39 Å². The Labute approximate surface area is 105 Å². The van der Waals surface area contributed by atoms with Gasteiger partial charge in [0.25, 0.3) is 0 Å². The normalized spacial score (nSPS) is 17.1. The van der Waals surface area contributed by atoms with E-state index in [1.54, 1.807) is 0 Å². The van der Waals surface area contributed by atoms with E-state index in [1.807, 2.05) is 0 Å². The van der Waals surface area contributed by atoms with Crippen molar-refractivity contribution in [2.75, 3.05) is 20.2 Å². The third kappa shape index (κ3) is 2.33. The first-order valence-corrected chi connectivity index (χ1v) is 5.98. The summed E-state index contributed by atoms with van der Waals surface area (Å²) in [5.74, 6) is -0.438. The van der Waals surface area contributed by atoms with Crippen LogP contribution in [0.1, 0.15) is 24.3 Å². The Kier molecular flexibility index (Phi) is 3.74. The fourth-order valence-corrected chi connectivity index (χ4v) is 2.45. The molecule has 1 heterocycles. The molecule has 5 heteroatoms. The summed E-state index contributed by atoms with van der Waals surface area (Å²) in [5, 5.41) is 13.2. The number of nitrogens with one attached hydrogen (secondary N) is 1. The van der Waals surface area contributed by atoms with Crippen LogP contribution in [0.2, 0.25) is 5.02 Å². The molecule has 3 nitrogen and oxygen atoms in total. The van der Waals surface area contributed by atoms with Crippen LogP contribution < -0.4 is 10.1 Å². The van der Waals surface area contributed by atoms with Crippen molar-refractivity contribution in [1.82, 2.24) is 5.32 Å². The number of halogens is 2. The van der Waals surface area contributed by atoms with E-state index in [-0.39, 0.29) is 28.0 Å². The van der Waals surface area contributed by atoms with Gasteiger partial charge in [-0.1, -0.05) is 11.6 Å². The highest BCUT2D eigenvalue weighted by atomic mass is 35.5. The molecule has 1 fully saturated rings. The maximum absolute atomic E-state index is 14.0. The molecule has 1 aromatic carbocycles. The SMILES string of the molecule is COc1cc(Cl)c(F)c(C2CCNCC2)c1O. The zero-order valence-corrected chi connectivity index (χ0v) is 10.4. The molecule has 1 aliphatic rings. The molecule has 0 aromatic heterocycles. The molecule has 94 valence electrons. The molecule has 1 aromatic rings. The largest absolute Gasteiger partial charge is 0.504 e. The molecule has 1 aliphatic heterocycles. The lowest BCUT2D eigenvalue weighted by Gasteiger charge is -2.25. The van der Waals surface area contributed by atoms with E-state index in [2.05, 4.69) is 5.32 Å². The van der Waals surface area contributed by atoms with Gasteiger partial charge in [0.15, 0.2) is 11.5 Å². The fourth-order valence-electron chi connectivity index (χ4n) is 2.25. The number of phenolic OH excluding ortho intramolecular Hbond substituents is 1. The maximum Gasteiger partial charge on any atom is 0.164 e. The Morgan fingerprint density at radius 3 is 2.71 bits per heavy atom. The summed E-state index contributed by atoms with van der Waals surface area (Å²) in [6.45, 7) is 1.64. The molecule has 0 atom stereocenters. The Morgan fingerprint density at radius 1 is 1.47 bits per heavy atom. The first kappa shape index (κ1) is 12.5. The van der Waals surface area contributed by atoms with Gasteiger partial charge >= 0.3 is 0 Å². The smallest absolute Gasteiger partial charge is 0.164 e. The zero-order chi connectivity index (χ0) is 12.4. The molecule has 0 saturated carbocycles. The molecule has 2 rings (SSSR count). The van der Waals surface area contributed by atoms with Crippen LogP contribution in [0.5, 0.6) is 11.5 Å². The molecular formula is C12H15ClFNO2. The van der Waals surface area contributed by atoms with Gasteiger partial charge in [0.2, 0.25) is 0 Å². The summed E-state index contributed by atoms with van der Waals surface area (Å²) in [6.07, 6.45) is 1.57. The standard InChI is InChI=1S/C12H15ClFNO2/c1-17-9-6-8(13)11(14)10(12(9)16)7-2-4-15-5-3-7/h6-7,15-16H,2-5H2,1H3. The molecule has 2 N–H and O–H groups in total. The number of benzene rings is 1. The van der Waals surface area contributed by atoms with Crippen molar-refractivity contribution in [2.45, 2.75) is 18.8 Å². The van der Waals surface area contributed by atoms with Gasteiger partial charge in [-0.15, -0.1) is 0 Å². The number of ether oxygens (including phenoxy) is 1. The second-order valence-corrected chi connectivity index (χ2v) is 4.57.